The van der Waals surface area contributed by atoms with Crippen LogP contribution in [0, 0.1) is 6.92 Å². The molecule has 0 N–H and O–H groups in total. The molecule has 2 heterocycles. The second kappa shape index (κ2) is 5.38. The number of hydrogen-bond acceptors (Lipinski definition) is 5. The van der Waals surface area contributed by atoms with Crippen molar-refractivity contribution in [3.05, 3.63) is 76.3 Å². The summed E-state index contributed by atoms with van der Waals surface area (Å²) < 4.78 is 16.2. The van der Waals surface area contributed by atoms with E-state index in [-0.39, 0.29) is 0 Å². The van der Waals surface area contributed by atoms with E-state index >= 15 is 0 Å². The summed E-state index contributed by atoms with van der Waals surface area (Å²) in [5, 5.41) is 1.17. The molecule has 0 aliphatic heterocycles. The third-order valence-corrected chi connectivity index (χ3v) is 3.87. The van der Waals surface area contributed by atoms with Crippen molar-refractivity contribution in [2.75, 3.05) is 0 Å². The molecule has 0 bridgehead atoms. The van der Waals surface area contributed by atoms with Gasteiger partial charge in [0.15, 0.2) is 5.75 Å². The van der Waals surface area contributed by atoms with E-state index in [1.54, 1.807) is 30.3 Å². The lowest BCUT2D eigenvalue weighted by molar-refractivity contribution is 0.0738. The standard InChI is InChI=1S/C19H12O5/c1-11-4-2-3-5-12(11)19(21)24-18-13-6-7-17(20)23-16(13)10-15-14(18)8-9-22-15/h2-10H,1H3. The highest BCUT2D eigenvalue weighted by atomic mass is 16.5. The summed E-state index contributed by atoms with van der Waals surface area (Å²) in [5.41, 5.74) is 1.59. The highest BCUT2D eigenvalue weighted by Crippen LogP contribution is 2.35. The Hall–Kier alpha value is -3.34. The summed E-state index contributed by atoms with van der Waals surface area (Å²) in [7, 11) is 0. The van der Waals surface area contributed by atoms with Crippen LogP contribution in [0.4, 0.5) is 0 Å². The van der Waals surface area contributed by atoms with E-state index < -0.39 is 11.6 Å². The number of benzene rings is 2. The largest absolute Gasteiger partial charge is 0.464 e. The quantitative estimate of drug-likeness (QED) is 0.316. The SMILES string of the molecule is Cc1ccccc1C(=O)Oc1c2ccoc2cc2oc(=O)ccc12. The van der Waals surface area contributed by atoms with Crippen molar-refractivity contribution in [3.8, 4) is 5.75 Å². The molecule has 0 saturated heterocycles. The zero-order valence-corrected chi connectivity index (χ0v) is 12.7. The van der Waals surface area contributed by atoms with Crippen LogP contribution >= 0.6 is 0 Å². The van der Waals surface area contributed by atoms with Gasteiger partial charge in [-0.1, -0.05) is 18.2 Å². The monoisotopic (exact) mass is 320 g/mol. The lowest BCUT2D eigenvalue weighted by Crippen LogP contribution is -2.10. The highest BCUT2D eigenvalue weighted by Gasteiger charge is 2.18. The predicted octanol–water partition coefficient (Wildman–Crippen LogP) is 4.07. The molecule has 0 amide bonds. The van der Waals surface area contributed by atoms with E-state index in [4.69, 9.17) is 13.6 Å². The summed E-state index contributed by atoms with van der Waals surface area (Å²) >= 11 is 0. The number of esters is 1. The van der Waals surface area contributed by atoms with Gasteiger partial charge in [0.25, 0.3) is 0 Å². The number of carbonyl (C=O) groups is 1. The summed E-state index contributed by atoms with van der Waals surface area (Å²) in [5.74, 6) is -0.164. The second-order valence-electron chi connectivity index (χ2n) is 5.41. The highest BCUT2D eigenvalue weighted by molar-refractivity contribution is 6.04. The Morgan fingerprint density at radius 1 is 1.00 bits per heavy atom. The number of aryl methyl sites for hydroxylation is 1. The first-order valence-electron chi connectivity index (χ1n) is 7.35. The molecule has 5 heteroatoms. The normalized spacial score (nSPS) is 11.0. The van der Waals surface area contributed by atoms with Crippen LogP contribution < -0.4 is 10.4 Å². The Bertz CT molecular complexity index is 1130. The number of fused-ring (bicyclic) bond motifs is 2. The van der Waals surface area contributed by atoms with E-state index in [0.717, 1.165) is 5.56 Å². The first kappa shape index (κ1) is 14.3. The van der Waals surface area contributed by atoms with Gasteiger partial charge in [-0.2, -0.15) is 0 Å². The smallest absolute Gasteiger partial charge is 0.343 e. The van der Waals surface area contributed by atoms with Crippen molar-refractivity contribution in [2.24, 2.45) is 0 Å². The molecule has 24 heavy (non-hydrogen) atoms. The molecular weight excluding hydrogens is 308 g/mol. The molecule has 0 unspecified atom stereocenters. The fourth-order valence-corrected chi connectivity index (χ4v) is 2.67. The van der Waals surface area contributed by atoms with Gasteiger partial charge in [-0.15, -0.1) is 0 Å². The average Bonchev–Trinajstić information content (AvgIpc) is 3.02. The summed E-state index contributed by atoms with van der Waals surface area (Å²) in [6, 6.07) is 13.4. The molecular formula is C19H12O5. The van der Waals surface area contributed by atoms with Gasteiger partial charge < -0.3 is 13.6 Å². The minimum Gasteiger partial charge on any atom is -0.464 e. The van der Waals surface area contributed by atoms with Gasteiger partial charge in [0.2, 0.25) is 0 Å². The van der Waals surface area contributed by atoms with Crippen LogP contribution in [-0.2, 0) is 0 Å². The van der Waals surface area contributed by atoms with E-state index in [9.17, 15) is 9.59 Å². The maximum atomic E-state index is 12.6. The molecule has 5 nitrogen and oxygen atoms in total. The Morgan fingerprint density at radius 3 is 2.62 bits per heavy atom. The zero-order chi connectivity index (χ0) is 16.7. The predicted molar refractivity (Wildman–Crippen MR) is 88.4 cm³/mol. The Kier molecular flexibility index (Phi) is 3.20. The number of hydrogen-bond donors (Lipinski definition) is 0. The van der Waals surface area contributed by atoms with Crippen LogP contribution in [0.15, 0.2) is 68.4 Å². The van der Waals surface area contributed by atoms with E-state index in [1.807, 2.05) is 19.1 Å². The fraction of sp³-hybridized carbons (Fsp3) is 0.0526. The second-order valence-corrected chi connectivity index (χ2v) is 5.41. The molecule has 0 spiro atoms. The maximum Gasteiger partial charge on any atom is 0.343 e. The van der Waals surface area contributed by atoms with Crippen molar-refractivity contribution < 1.29 is 18.4 Å². The molecule has 0 radical (unpaired) electrons. The van der Waals surface area contributed by atoms with Crippen molar-refractivity contribution in [1.82, 2.24) is 0 Å². The van der Waals surface area contributed by atoms with Gasteiger partial charge >= 0.3 is 11.6 Å². The van der Waals surface area contributed by atoms with Gasteiger partial charge in [-0.3, -0.25) is 0 Å². The lowest BCUT2D eigenvalue weighted by atomic mass is 10.1. The van der Waals surface area contributed by atoms with Crippen LogP contribution in [0.5, 0.6) is 5.75 Å². The van der Waals surface area contributed by atoms with Gasteiger partial charge in [-0.05, 0) is 30.7 Å². The van der Waals surface area contributed by atoms with Crippen LogP contribution in [-0.4, -0.2) is 5.97 Å². The Morgan fingerprint density at radius 2 is 1.79 bits per heavy atom. The lowest BCUT2D eigenvalue weighted by Gasteiger charge is -2.09. The first-order valence-corrected chi connectivity index (χ1v) is 7.35. The van der Waals surface area contributed by atoms with Crippen LogP contribution in [0.3, 0.4) is 0 Å². The zero-order valence-electron chi connectivity index (χ0n) is 12.7. The molecule has 0 saturated carbocycles. The minimum atomic E-state index is -0.482. The van der Waals surface area contributed by atoms with Gasteiger partial charge in [0.1, 0.15) is 11.2 Å². The molecule has 118 valence electrons. The number of ether oxygens (including phenoxy) is 1. The minimum absolute atomic E-state index is 0.303. The average molecular weight is 320 g/mol. The van der Waals surface area contributed by atoms with E-state index in [0.29, 0.717) is 33.3 Å². The maximum absolute atomic E-state index is 12.6. The molecule has 2 aromatic heterocycles. The van der Waals surface area contributed by atoms with E-state index in [1.165, 1.54) is 12.3 Å². The third-order valence-electron chi connectivity index (χ3n) is 3.87. The molecule has 0 aliphatic carbocycles. The topological polar surface area (TPSA) is 69.7 Å². The third kappa shape index (κ3) is 2.27. The number of rotatable bonds is 2. The molecule has 2 aromatic carbocycles. The van der Waals surface area contributed by atoms with Crippen molar-refractivity contribution in [1.29, 1.82) is 0 Å². The Labute approximate surface area is 136 Å². The van der Waals surface area contributed by atoms with Crippen LogP contribution in [0.1, 0.15) is 15.9 Å². The molecule has 0 aliphatic rings. The number of carbonyl (C=O) groups excluding carboxylic acids is 1. The molecule has 0 fully saturated rings. The van der Waals surface area contributed by atoms with Gasteiger partial charge in [0.05, 0.1) is 22.6 Å². The van der Waals surface area contributed by atoms with Gasteiger partial charge in [-0.25, -0.2) is 9.59 Å². The van der Waals surface area contributed by atoms with Crippen LogP contribution in [0.25, 0.3) is 21.9 Å². The van der Waals surface area contributed by atoms with Gasteiger partial charge in [0, 0.05) is 12.1 Å². The van der Waals surface area contributed by atoms with Crippen molar-refractivity contribution >= 4 is 27.9 Å². The summed E-state index contributed by atoms with van der Waals surface area (Å²) in [6.07, 6.45) is 1.49. The summed E-state index contributed by atoms with van der Waals surface area (Å²) in [6.45, 7) is 1.84. The first-order chi connectivity index (χ1) is 11.6. The molecule has 4 aromatic rings. The van der Waals surface area contributed by atoms with Crippen LogP contribution in [0.2, 0.25) is 0 Å². The van der Waals surface area contributed by atoms with Crippen molar-refractivity contribution in [3.63, 3.8) is 0 Å². The Balaban J connectivity index is 1.91. The number of furan rings is 1. The summed E-state index contributed by atoms with van der Waals surface area (Å²) in [4.78, 5) is 24.0. The molecule has 4 rings (SSSR count). The fourth-order valence-electron chi connectivity index (χ4n) is 2.67. The molecule has 0 atom stereocenters. The van der Waals surface area contributed by atoms with E-state index in [2.05, 4.69) is 0 Å². The van der Waals surface area contributed by atoms with Crippen molar-refractivity contribution in [2.45, 2.75) is 6.92 Å².